The summed E-state index contributed by atoms with van der Waals surface area (Å²) in [5.74, 6) is -0.444. The van der Waals surface area contributed by atoms with Gasteiger partial charge in [0.1, 0.15) is 12.7 Å². The number of para-hydroxylation sites is 1. The predicted molar refractivity (Wildman–Crippen MR) is 90.7 cm³/mol. The third-order valence-electron chi connectivity index (χ3n) is 3.66. The number of carbonyl (C=O) groups is 2. The highest BCUT2D eigenvalue weighted by atomic mass is 16.2. The van der Waals surface area contributed by atoms with Crippen LogP contribution in [0.4, 0.5) is 0 Å². The van der Waals surface area contributed by atoms with Crippen LogP contribution in [0.5, 0.6) is 0 Å². The lowest BCUT2D eigenvalue weighted by Crippen LogP contribution is -2.37. The summed E-state index contributed by atoms with van der Waals surface area (Å²) in [7, 11) is 0. The zero-order valence-corrected chi connectivity index (χ0v) is 13.8. The Balaban J connectivity index is 1.44. The number of hydrogen-bond acceptors (Lipinski definition) is 5. The number of hydrogen-bond donors (Lipinski definition) is 3. The second kappa shape index (κ2) is 7.56. The van der Waals surface area contributed by atoms with E-state index in [9.17, 15) is 9.59 Å². The Hall–Kier alpha value is -3.23. The van der Waals surface area contributed by atoms with Gasteiger partial charge >= 0.3 is 0 Å². The van der Waals surface area contributed by atoms with Crippen LogP contribution in [0.25, 0.3) is 10.9 Å². The SMILES string of the molecule is CC(Cn1cncn1)NC(=O)CCNC(=O)c1n[nH]c2ccccc12. The van der Waals surface area contributed by atoms with Crippen molar-refractivity contribution in [2.24, 2.45) is 0 Å². The third-order valence-corrected chi connectivity index (χ3v) is 3.66. The number of carbonyl (C=O) groups excluding carboxylic acids is 2. The number of benzene rings is 1. The molecule has 0 aliphatic rings. The average Bonchev–Trinajstić information content (AvgIpc) is 3.23. The number of nitrogens with zero attached hydrogens (tertiary/aromatic N) is 4. The monoisotopic (exact) mass is 341 g/mol. The quantitative estimate of drug-likeness (QED) is 0.578. The highest BCUT2D eigenvalue weighted by Gasteiger charge is 2.14. The molecule has 3 N–H and O–H groups in total. The molecule has 0 fully saturated rings. The van der Waals surface area contributed by atoms with Crippen molar-refractivity contribution >= 4 is 22.7 Å². The van der Waals surface area contributed by atoms with Gasteiger partial charge in [-0.3, -0.25) is 19.4 Å². The number of H-pyrrole nitrogens is 1. The Kier molecular flexibility index (Phi) is 5.03. The van der Waals surface area contributed by atoms with E-state index in [-0.39, 0.29) is 30.8 Å². The molecule has 3 rings (SSSR count). The molecular weight excluding hydrogens is 322 g/mol. The fourth-order valence-corrected chi connectivity index (χ4v) is 2.51. The van der Waals surface area contributed by atoms with Crippen LogP contribution in [0.3, 0.4) is 0 Å². The van der Waals surface area contributed by atoms with Crippen LogP contribution in [-0.4, -0.2) is 49.4 Å². The highest BCUT2D eigenvalue weighted by molar-refractivity contribution is 6.04. The lowest BCUT2D eigenvalue weighted by Gasteiger charge is -2.13. The molecule has 2 aromatic heterocycles. The summed E-state index contributed by atoms with van der Waals surface area (Å²) in [6.07, 6.45) is 3.23. The second-order valence-electron chi connectivity index (χ2n) is 5.71. The molecule has 0 saturated heterocycles. The number of nitrogens with one attached hydrogen (secondary N) is 3. The Morgan fingerprint density at radius 2 is 2.16 bits per heavy atom. The van der Waals surface area contributed by atoms with Crippen LogP contribution in [0, 0.1) is 0 Å². The Bertz CT molecular complexity index is 856. The third kappa shape index (κ3) is 4.19. The van der Waals surface area contributed by atoms with Crippen molar-refractivity contribution in [3.8, 4) is 0 Å². The Morgan fingerprint density at radius 1 is 1.32 bits per heavy atom. The van der Waals surface area contributed by atoms with Crippen LogP contribution in [0.2, 0.25) is 0 Å². The van der Waals surface area contributed by atoms with E-state index < -0.39 is 0 Å². The molecule has 2 heterocycles. The van der Waals surface area contributed by atoms with Gasteiger partial charge in [-0.2, -0.15) is 10.2 Å². The Morgan fingerprint density at radius 3 is 2.96 bits per heavy atom. The van der Waals surface area contributed by atoms with Crippen molar-refractivity contribution in [1.29, 1.82) is 0 Å². The van der Waals surface area contributed by atoms with Crippen LogP contribution in [0.15, 0.2) is 36.9 Å². The molecule has 1 aromatic carbocycles. The molecule has 0 radical (unpaired) electrons. The van der Waals surface area contributed by atoms with Crippen LogP contribution >= 0.6 is 0 Å². The number of rotatable bonds is 7. The minimum atomic E-state index is -0.305. The molecule has 25 heavy (non-hydrogen) atoms. The summed E-state index contributed by atoms with van der Waals surface area (Å²) in [4.78, 5) is 28.0. The zero-order valence-electron chi connectivity index (χ0n) is 13.8. The number of aromatic amines is 1. The van der Waals surface area contributed by atoms with Gasteiger partial charge in [0, 0.05) is 24.4 Å². The molecule has 3 aromatic rings. The van der Waals surface area contributed by atoms with Gasteiger partial charge in [-0.05, 0) is 13.0 Å². The molecule has 0 spiro atoms. The number of fused-ring (bicyclic) bond motifs is 1. The molecule has 9 nitrogen and oxygen atoms in total. The first-order chi connectivity index (χ1) is 12.1. The fraction of sp³-hybridized carbons (Fsp3) is 0.312. The van der Waals surface area contributed by atoms with Crippen molar-refractivity contribution in [1.82, 2.24) is 35.6 Å². The van der Waals surface area contributed by atoms with E-state index in [1.54, 1.807) is 11.0 Å². The molecule has 0 aliphatic heterocycles. The second-order valence-corrected chi connectivity index (χ2v) is 5.71. The summed E-state index contributed by atoms with van der Waals surface area (Å²) in [5, 5.41) is 17.2. The maximum Gasteiger partial charge on any atom is 0.272 e. The van der Waals surface area contributed by atoms with E-state index in [1.807, 2.05) is 31.2 Å². The van der Waals surface area contributed by atoms with Gasteiger partial charge in [0.15, 0.2) is 5.69 Å². The zero-order chi connectivity index (χ0) is 17.6. The van der Waals surface area contributed by atoms with E-state index in [0.29, 0.717) is 12.2 Å². The van der Waals surface area contributed by atoms with Crippen molar-refractivity contribution in [3.63, 3.8) is 0 Å². The lowest BCUT2D eigenvalue weighted by molar-refractivity contribution is -0.121. The van der Waals surface area contributed by atoms with Crippen molar-refractivity contribution in [2.75, 3.05) is 6.54 Å². The predicted octanol–water partition coefficient (Wildman–Crippen LogP) is 0.479. The molecule has 0 saturated carbocycles. The summed E-state index contributed by atoms with van der Waals surface area (Å²) < 4.78 is 1.65. The molecular formula is C16H19N7O2. The van der Waals surface area contributed by atoms with Crippen molar-refractivity contribution < 1.29 is 9.59 Å². The van der Waals surface area contributed by atoms with E-state index >= 15 is 0 Å². The summed E-state index contributed by atoms with van der Waals surface area (Å²) >= 11 is 0. The maximum atomic E-state index is 12.2. The van der Waals surface area contributed by atoms with Gasteiger partial charge < -0.3 is 10.6 Å². The normalized spacial score (nSPS) is 12.0. The van der Waals surface area contributed by atoms with Gasteiger partial charge in [0.25, 0.3) is 5.91 Å². The Labute approximate surface area is 143 Å². The summed E-state index contributed by atoms with van der Waals surface area (Å²) in [6, 6.07) is 7.31. The van der Waals surface area contributed by atoms with Gasteiger partial charge in [0.05, 0.1) is 12.1 Å². The van der Waals surface area contributed by atoms with Crippen molar-refractivity contribution in [3.05, 3.63) is 42.6 Å². The molecule has 130 valence electrons. The topological polar surface area (TPSA) is 118 Å². The lowest BCUT2D eigenvalue weighted by atomic mass is 10.2. The molecule has 2 amide bonds. The first-order valence-electron chi connectivity index (χ1n) is 7.96. The van der Waals surface area contributed by atoms with Crippen molar-refractivity contribution in [2.45, 2.75) is 25.9 Å². The van der Waals surface area contributed by atoms with Gasteiger partial charge in [0.2, 0.25) is 5.91 Å². The van der Waals surface area contributed by atoms with Gasteiger partial charge in [-0.25, -0.2) is 4.98 Å². The average molecular weight is 341 g/mol. The first-order valence-corrected chi connectivity index (χ1v) is 7.96. The largest absolute Gasteiger partial charge is 0.352 e. The van der Waals surface area contributed by atoms with Crippen LogP contribution < -0.4 is 10.6 Å². The molecule has 1 atom stereocenters. The molecule has 1 unspecified atom stereocenters. The smallest absolute Gasteiger partial charge is 0.272 e. The van der Waals surface area contributed by atoms with Gasteiger partial charge in [-0.15, -0.1) is 0 Å². The molecule has 9 heteroatoms. The fourth-order valence-electron chi connectivity index (χ4n) is 2.51. The number of aromatic nitrogens is 5. The van der Waals surface area contributed by atoms with Gasteiger partial charge in [-0.1, -0.05) is 18.2 Å². The van der Waals surface area contributed by atoms with Crippen LogP contribution in [0.1, 0.15) is 23.8 Å². The minimum absolute atomic E-state index is 0.0832. The summed E-state index contributed by atoms with van der Waals surface area (Å²) in [5.41, 5.74) is 1.13. The molecule has 0 aliphatic carbocycles. The maximum absolute atomic E-state index is 12.2. The van der Waals surface area contributed by atoms with E-state index in [0.717, 1.165) is 10.9 Å². The number of amides is 2. The van der Waals surface area contributed by atoms with E-state index in [2.05, 4.69) is 30.9 Å². The minimum Gasteiger partial charge on any atom is -0.352 e. The van der Waals surface area contributed by atoms with E-state index in [4.69, 9.17) is 0 Å². The molecule has 0 bridgehead atoms. The highest BCUT2D eigenvalue weighted by Crippen LogP contribution is 2.14. The van der Waals surface area contributed by atoms with Crippen LogP contribution in [-0.2, 0) is 11.3 Å². The standard InChI is InChI=1S/C16H19N7O2/c1-11(8-23-10-17-9-19-23)20-14(24)6-7-18-16(25)15-12-4-2-3-5-13(12)21-22-15/h2-5,9-11H,6-8H2,1H3,(H,18,25)(H,20,24)(H,21,22). The summed E-state index contributed by atoms with van der Waals surface area (Å²) in [6.45, 7) is 2.66. The first kappa shape index (κ1) is 16.6. The van der Waals surface area contributed by atoms with E-state index in [1.165, 1.54) is 6.33 Å².